The molecule has 120 valence electrons. The van der Waals surface area contributed by atoms with E-state index in [0.717, 1.165) is 25.1 Å². The predicted octanol–water partition coefficient (Wildman–Crippen LogP) is 1.69. The molecule has 2 amide bonds. The summed E-state index contributed by atoms with van der Waals surface area (Å²) in [4.78, 5) is 30.2. The summed E-state index contributed by atoms with van der Waals surface area (Å²) < 4.78 is 0. The van der Waals surface area contributed by atoms with Crippen molar-refractivity contribution < 1.29 is 9.59 Å². The average molecular weight is 303 g/mol. The van der Waals surface area contributed by atoms with Crippen molar-refractivity contribution in [3.05, 3.63) is 29.8 Å². The lowest BCUT2D eigenvalue weighted by atomic mass is 9.96. The zero-order valence-electron chi connectivity index (χ0n) is 13.9. The number of carbonyl (C=O) groups excluding carboxylic acids is 2. The Morgan fingerprint density at radius 1 is 1.18 bits per heavy atom. The molecule has 0 aliphatic carbocycles. The van der Waals surface area contributed by atoms with E-state index in [1.54, 1.807) is 19.0 Å². The molecule has 1 saturated heterocycles. The molecule has 22 heavy (non-hydrogen) atoms. The highest BCUT2D eigenvalue weighted by atomic mass is 16.2. The van der Waals surface area contributed by atoms with Gasteiger partial charge in [-0.05, 0) is 31.0 Å². The van der Waals surface area contributed by atoms with Crippen LogP contribution in [0.5, 0.6) is 0 Å². The summed E-state index contributed by atoms with van der Waals surface area (Å²) in [7, 11) is 7.44. The van der Waals surface area contributed by atoms with Gasteiger partial charge >= 0.3 is 0 Å². The Kier molecular flexibility index (Phi) is 5.06. The lowest BCUT2D eigenvalue weighted by molar-refractivity contribution is -0.134. The maximum atomic E-state index is 12.7. The van der Waals surface area contributed by atoms with E-state index in [2.05, 4.69) is 0 Å². The van der Waals surface area contributed by atoms with Crippen LogP contribution in [0.2, 0.25) is 0 Å². The van der Waals surface area contributed by atoms with Gasteiger partial charge in [-0.2, -0.15) is 0 Å². The number of hydrogen-bond donors (Lipinski definition) is 0. The Hall–Kier alpha value is -2.04. The molecule has 0 bridgehead atoms. The topological polar surface area (TPSA) is 43.9 Å². The van der Waals surface area contributed by atoms with Gasteiger partial charge in [0.05, 0.1) is 5.92 Å². The Balaban J connectivity index is 2.12. The van der Waals surface area contributed by atoms with Crippen LogP contribution < -0.4 is 4.90 Å². The molecule has 5 heteroatoms. The zero-order chi connectivity index (χ0) is 16.3. The van der Waals surface area contributed by atoms with Gasteiger partial charge in [0.2, 0.25) is 5.91 Å². The molecule has 5 nitrogen and oxygen atoms in total. The van der Waals surface area contributed by atoms with Gasteiger partial charge < -0.3 is 14.7 Å². The third kappa shape index (κ3) is 3.59. The van der Waals surface area contributed by atoms with Crippen molar-refractivity contribution in [3.63, 3.8) is 0 Å². The number of hydrogen-bond acceptors (Lipinski definition) is 3. The fraction of sp³-hybridized carbons (Fsp3) is 0.529. The number of nitrogens with zero attached hydrogens (tertiary/aromatic N) is 3. The molecule has 0 aromatic heterocycles. The van der Waals surface area contributed by atoms with Crippen LogP contribution >= 0.6 is 0 Å². The van der Waals surface area contributed by atoms with Gasteiger partial charge in [-0.15, -0.1) is 0 Å². The van der Waals surface area contributed by atoms with Crippen LogP contribution in [-0.4, -0.2) is 62.9 Å². The van der Waals surface area contributed by atoms with Crippen LogP contribution in [0.25, 0.3) is 0 Å². The van der Waals surface area contributed by atoms with E-state index in [9.17, 15) is 9.59 Å². The van der Waals surface area contributed by atoms with Gasteiger partial charge in [0.25, 0.3) is 5.91 Å². The van der Waals surface area contributed by atoms with Crippen molar-refractivity contribution in [1.82, 2.24) is 9.80 Å². The molecule has 1 heterocycles. The highest BCUT2D eigenvalue weighted by Crippen LogP contribution is 2.21. The van der Waals surface area contributed by atoms with E-state index >= 15 is 0 Å². The first kappa shape index (κ1) is 16.3. The Morgan fingerprint density at radius 3 is 2.55 bits per heavy atom. The largest absolute Gasteiger partial charge is 0.378 e. The van der Waals surface area contributed by atoms with Crippen LogP contribution in [0.3, 0.4) is 0 Å². The summed E-state index contributed by atoms with van der Waals surface area (Å²) in [5.41, 5.74) is 1.69. The van der Waals surface area contributed by atoms with Crippen molar-refractivity contribution in [1.29, 1.82) is 0 Å². The Morgan fingerprint density at radius 2 is 1.91 bits per heavy atom. The fourth-order valence-corrected chi connectivity index (χ4v) is 2.83. The second-order valence-electron chi connectivity index (χ2n) is 6.27. The van der Waals surface area contributed by atoms with Gasteiger partial charge in [-0.25, -0.2) is 0 Å². The number of likely N-dealkylation sites (tertiary alicyclic amines) is 1. The number of amides is 2. The third-order valence-corrected chi connectivity index (χ3v) is 4.11. The minimum atomic E-state index is -0.0790. The first-order valence-corrected chi connectivity index (χ1v) is 7.68. The first-order chi connectivity index (χ1) is 10.4. The number of anilines is 1. The quantitative estimate of drug-likeness (QED) is 0.853. The second kappa shape index (κ2) is 6.81. The summed E-state index contributed by atoms with van der Waals surface area (Å²) in [6, 6.07) is 7.62. The minimum absolute atomic E-state index is 0.0138. The Bertz CT molecular complexity index is 555. The molecular formula is C17H25N3O2. The zero-order valence-corrected chi connectivity index (χ0v) is 13.9. The van der Waals surface area contributed by atoms with Gasteiger partial charge in [0.15, 0.2) is 0 Å². The molecule has 2 rings (SSSR count). The molecule has 0 saturated carbocycles. The fourth-order valence-electron chi connectivity index (χ4n) is 2.83. The highest BCUT2D eigenvalue weighted by Gasteiger charge is 2.29. The normalized spacial score (nSPS) is 18.0. The van der Waals surface area contributed by atoms with E-state index in [4.69, 9.17) is 0 Å². The van der Waals surface area contributed by atoms with Crippen LogP contribution in [0.4, 0.5) is 5.69 Å². The smallest absolute Gasteiger partial charge is 0.253 e. The summed E-state index contributed by atoms with van der Waals surface area (Å²) in [5.74, 6) is 0.0456. The first-order valence-electron chi connectivity index (χ1n) is 7.68. The molecule has 1 aliphatic heterocycles. The van der Waals surface area contributed by atoms with Gasteiger partial charge in [-0.3, -0.25) is 9.59 Å². The average Bonchev–Trinajstić information content (AvgIpc) is 2.53. The highest BCUT2D eigenvalue weighted by molar-refractivity contribution is 5.95. The number of carbonyl (C=O) groups is 2. The Labute approximate surface area is 132 Å². The van der Waals surface area contributed by atoms with Crippen LogP contribution in [0.1, 0.15) is 23.2 Å². The number of benzene rings is 1. The standard InChI is InChI=1S/C17H25N3O2/c1-18(2)15-9-5-7-13(11-15)17(22)20-10-6-8-14(12-20)16(21)19(3)4/h5,7,9,11,14H,6,8,10,12H2,1-4H3/t14-/m1/s1. The summed E-state index contributed by atoms with van der Waals surface area (Å²) >= 11 is 0. The van der Waals surface area contributed by atoms with Crippen molar-refractivity contribution in [3.8, 4) is 0 Å². The lowest BCUT2D eigenvalue weighted by Gasteiger charge is -2.33. The monoisotopic (exact) mass is 303 g/mol. The van der Waals surface area contributed by atoms with Gasteiger partial charge in [0.1, 0.15) is 0 Å². The number of rotatable bonds is 3. The molecule has 1 aromatic rings. The molecule has 0 spiro atoms. The van der Waals surface area contributed by atoms with Gasteiger partial charge in [0, 0.05) is 52.5 Å². The molecule has 0 radical (unpaired) electrons. The maximum Gasteiger partial charge on any atom is 0.253 e. The van der Waals surface area contributed by atoms with E-state index < -0.39 is 0 Å². The van der Waals surface area contributed by atoms with Crippen LogP contribution in [0, 0.1) is 5.92 Å². The SMILES string of the molecule is CN(C)C(=O)[C@@H]1CCCN(C(=O)c2cccc(N(C)C)c2)C1. The summed E-state index contributed by atoms with van der Waals surface area (Å²) in [6.45, 7) is 1.24. The van der Waals surface area contributed by atoms with E-state index in [0.29, 0.717) is 12.1 Å². The molecule has 1 aliphatic rings. The van der Waals surface area contributed by atoms with Crippen LogP contribution in [-0.2, 0) is 4.79 Å². The maximum absolute atomic E-state index is 12.7. The third-order valence-electron chi connectivity index (χ3n) is 4.11. The van der Waals surface area contributed by atoms with E-state index in [1.165, 1.54) is 0 Å². The van der Waals surface area contributed by atoms with Crippen molar-refractivity contribution >= 4 is 17.5 Å². The van der Waals surface area contributed by atoms with E-state index in [-0.39, 0.29) is 17.7 Å². The molecule has 1 fully saturated rings. The molecule has 0 unspecified atom stereocenters. The van der Waals surface area contributed by atoms with Crippen molar-refractivity contribution in [2.45, 2.75) is 12.8 Å². The second-order valence-corrected chi connectivity index (χ2v) is 6.27. The molecule has 1 aromatic carbocycles. The minimum Gasteiger partial charge on any atom is -0.378 e. The molecule has 0 N–H and O–H groups in total. The van der Waals surface area contributed by atoms with Crippen molar-refractivity contribution in [2.75, 3.05) is 46.2 Å². The summed E-state index contributed by atoms with van der Waals surface area (Å²) in [5, 5.41) is 0. The molecule has 1 atom stereocenters. The van der Waals surface area contributed by atoms with Gasteiger partial charge in [-0.1, -0.05) is 6.07 Å². The summed E-state index contributed by atoms with van der Waals surface area (Å²) in [6.07, 6.45) is 1.74. The predicted molar refractivity (Wildman–Crippen MR) is 88.1 cm³/mol. The van der Waals surface area contributed by atoms with E-state index in [1.807, 2.05) is 48.2 Å². The molecular weight excluding hydrogens is 278 g/mol. The lowest BCUT2D eigenvalue weighted by Crippen LogP contribution is -2.45. The van der Waals surface area contributed by atoms with Crippen LogP contribution in [0.15, 0.2) is 24.3 Å². The number of piperidine rings is 1. The van der Waals surface area contributed by atoms with Crippen molar-refractivity contribution in [2.24, 2.45) is 5.92 Å².